The highest BCUT2D eigenvalue weighted by Crippen LogP contribution is 2.16. The van der Waals surface area contributed by atoms with E-state index in [1.165, 1.54) is 0 Å². The molecule has 1 N–H and O–H groups in total. The summed E-state index contributed by atoms with van der Waals surface area (Å²) in [5, 5.41) is 2.79. The number of para-hydroxylation sites is 2. The molecule has 0 atom stereocenters. The lowest BCUT2D eigenvalue weighted by molar-refractivity contribution is -0.124. The lowest BCUT2D eigenvalue weighted by Gasteiger charge is -2.24. The van der Waals surface area contributed by atoms with E-state index in [4.69, 9.17) is 4.42 Å². The van der Waals surface area contributed by atoms with Crippen molar-refractivity contribution in [3.8, 4) is 0 Å². The fourth-order valence-electron chi connectivity index (χ4n) is 2.01. The normalized spacial score (nSPS) is 17.3. The zero-order valence-corrected chi connectivity index (χ0v) is 9.35. The van der Waals surface area contributed by atoms with Gasteiger partial charge in [0.1, 0.15) is 5.52 Å². The molecule has 5 nitrogen and oxygen atoms in total. The standard InChI is InChI=1S/C12H13N3O2/c16-11-7-15(6-5-13-11)8-12-14-9-3-1-2-4-10(9)17-12/h1-4H,5-8H2,(H,13,16). The van der Waals surface area contributed by atoms with Crippen molar-refractivity contribution >= 4 is 17.0 Å². The molecule has 1 aromatic heterocycles. The summed E-state index contributed by atoms with van der Waals surface area (Å²) >= 11 is 0. The number of aromatic nitrogens is 1. The Morgan fingerprint density at radius 2 is 2.29 bits per heavy atom. The number of carbonyl (C=O) groups excluding carboxylic acids is 1. The Balaban J connectivity index is 1.78. The number of nitrogens with zero attached hydrogens (tertiary/aromatic N) is 2. The first-order chi connectivity index (χ1) is 8.31. The molecule has 1 amide bonds. The SMILES string of the molecule is O=C1CN(Cc2nc3ccccc3o2)CCN1. The van der Waals surface area contributed by atoms with E-state index in [9.17, 15) is 4.79 Å². The topological polar surface area (TPSA) is 58.4 Å². The van der Waals surface area contributed by atoms with Gasteiger partial charge >= 0.3 is 0 Å². The summed E-state index contributed by atoms with van der Waals surface area (Å²) in [6.45, 7) is 2.53. The lowest BCUT2D eigenvalue weighted by Crippen LogP contribution is -2.47. The fourth-order valence-corrected chi connectivity index (χ4v) is 2.01. The summed E-state index contributed by atoms with van der Waals surface area (Å²) in [4.78, 5) is 17.7. The van der Waals surface area contributed by atoms with E-state index in [0.29, 0.717) is 25.5 Å². The van der Waals surface area contributed by atoms with Crippen molar-refractivity contribution in [2.45, 2.75) is 6.54 Å². The maximum atomic E-state index is 11.2. The molecule has 17 heavy (non-hydrogen) atoms. The molecule has 0 spiro atoms. The molecule has 0 radical (unpaired) electrons. The Bertz CT molecular complexity index is 516. The maximum absolute atomic E-state index is 11.2. The number of oxazole rings is 1. The second kappa shape index (κ2) is 4.18. The van der Waals surface area contributed by atoms with Gasteiger partial charge in [-0.2, -0.15) is 0 Å². The maximum Gasteiger partial charge on any atom is 0.234 e. The van der Waals surface area contributed by atoms with Gasteiger partial charge in [0.25, 0.3) is 0 Å². The molecule has 88 valence electrons. The van der Waals surface area contributed by atoms with Gasteiger partial charge in [-0.05, 0) is 12.1 Å². The van der Waals surface area contributed by atoms with Crippen molar-refractivity contribution in [1.82, 2.24) is 15.2 Å². The second-order valence-corrected chi connectivity index (χ2v) is 4.14. The highest BCUT2D eigenvalue weighted by atomic mass is 16.3. The third kappa shape index (κ3) is 2.14. The van der Waals surface area contributed by atoms with E-state index in [1.54, 1.807) is 0 Å². The van der Waals surface area contributed by atoms with Crippen LogP contribution in [0.1, 0.15) is 5.89 Å². The molecular weight excluding hydrogens is 218 g/mol. The van der Waals surface area contributed by atoms with Gasteiger partial charge in [0, 0.05) is 13.1 Å². The average Bonchev–Trinajstić information content (AvgIpc) is 2.71. The van der Waals surface area contributed by atoms with Crippen molar-refractivity contribution < 1.29 is 9.21 Å². The van der Waals surface area contributed by atoms with Crippen LogP contribution in [0, 0.1) is 0 Å². The van der Waals surface area contributed by atoms with Crippen LogP contribution in [0.15, 0.2) is 28.7 Å². The number of rotatable bonds is 2. The van der Waals surface area contributed by atoms with E-state index in [2.05, 4.69) is 10.3 Å². The Labute approximate surface area is 98.4 Å². The molecule has 1 aliphatic heterocycles. The van der Waals surface area contributed by atoms with E-state index >= 15 is 0 Å². The molecule has 5 heteroatoms. The molecule has 1 fully saturated rings. The first-order valence-corrected chi connectivity index (χ1v) is 5.65. The third-order valence-corrected chi connectivity index (χ3v) is 2.81. The van der Waals surface area contributed by atoms with Gasteiger partial charge in [0.15, 0.2) is 5.58 Å². The van der Waals surface area contributed by atoms with Crippen LogP contribution < -0.4 is 5.32 Å². The molecule has 2 aromatic rings. The fraction of sp³-hybridized carbons (Fsp3) is 0.333. The Kier molecular flexibility index (Phi) is 2.53. The minimum atomic E-state index is 0.0624. The number of hydrogen-bond donors (Lipinski definition) is 1. The van der Waals surface area contributed by atoms with E-state index in [0.717, 1.165) is 17.6 Å². The van der Waals surface area contributed by atoms with Crippen molar-refractivity contribution in [2.75, 3.05) is 19.6 Å². The molecule has 1 aromatic carbocycles. The van der Waals surface area contributed by atoms with Crippen LogP contribution in [-0.2, 0) is 11.3 Å². The van der Waals surface area contributed by atoms with Gasteiger partial charge < -0.3 is 9.73 Å². The van der Waals surface area contributed by atoms with Gasteiger partial charge in [-0.25, -0.2) is 4.98 Å². The molecule has 0 unspecified atom stereocenters. The third-order valence-electron chi connectivity index (χ3n) is 2.81. The van der Waals surface area contributed by atoms with Gasteiger partial charge in [0.2, 0.25) is 11.8 Å². The van der Waals surface area contributed by atoms with Crippen LogP contribution in [-0.4, -0.2) is 35.4 Å². The lowest BCUT2D eigenvalue weighted by atomic mass is 10.3. The van der Waals surface area contributed by atoms with Crippen LogP contribution in [0.4, 0.5) is 0 Å². The Morgan fingerprint density at radius 1 is 1.41 bits per heavy atom. The summed E-state index contributed by atoms with van der Waals surface area (Å²) < 4.78 is 5.62. The molecule has 2 heterocycles. The van der Waals surface area contributed by atoms with E-state index in [1.807, 2.05) is 29.2 Å². The summed E-state index contributed by atoms with van der Waals surface area (Å²) in [7, 11) is 0. The van der Waals surface area contributed by atoms with Crippen LogP contribution >= 0.6 is 0 Å². The first-order valence-electron chi connectivity index (χ1n) is 5.65. The molecule has 0 aliphatic carbocycles. The highest BCUT2D eigenvalue weighted by Gasteiger charge is 2.18. The largest absolute Gasteiger partial charge is 0.439 e. The van der Waals surface area contributed by atoms with Crippen molar-refractivity contribution in [3.05, 3.63) is 30.2 Å². The average molecular weight is 231 g/mol. The number of fused-ring (bicyclic) bond motifs is 1. The van der Waals surface area contributed by atoms with Crippen LogP contribution in [0.5, 0.6) is 0 Å². The predicted molar refractivity (Wildman–Crippen MR) is 62.3 cm³/mol. The van der Waals surface area contributed by atoms with Gasteiger partial charge in [-0.3, -0.25) is 9.69 Å². The summed E-state index contributed by atoms with van der Waals surface area (Å²) in [5.41, 5.74) is 1.66. The van der Waals surface area contributed by atoms with Crippen molar-refractivity contribution in [2.24, 2.45) is 0 Å². The summed E-state index contributed by atoms with van der Waals surface area (Å²) in [6.07, 6.45) is 0. The highest BCUT2D eigenvalue weighted by molar-refractivity contribution is 5.78. The monoisotopic (exact) mass is 231 g/mol. The molecule has 0 saturated carbocycles. The predicted octanol–water partition coefficient (Wildman–Crippen LogP) is 0.760. The number of nitrogens with one attached hydrogen (secondary N) is 1. The van der Waals surface area contributed by atoms with Crippen molar-refractivity contribution in [3.63, 3.8) is 0 Å². The summed E-state index contributed by atoms with van der Waals surface area (Å²) in [5.74, 6) is 0.730. The summed E-state index contributed by atoms with van der Waals surface area (Å²) in [6, 6.07) is 7.68. The number of benzene rings is 1. The first kappa shape index (κ1) is 10.3. The quantitative estimate of drug-likeness (QED) is 0.829. The van der Waals surface area contributed by atoms with E-state index in [-0.39, 0.29) is 5.91 Å². The smallest absolute Gasteiger partial charge is 0.234 e. The van der Waals surface area contributed by atoms with Crippen molar-refractivity contribution in [1.29, 1.82) is 0 Å². The zero-order valence-electron chi connectivity index (χ0n) is 9.35. The Morgan fingerprint density at radius 3 is 3.12 bits per heavy atom. The van der Waals surface area contributed by atoms with Crippen LogP contribution in [0.25, 0.3) is 11.1 Å². The number of carbonyl (C=O) groups is 1. The van der Waals surface area contributed by atoms with Crippen LogP contribution in [0.2, 0.25) is 0 Å². The second-order valence-electron chi connectivity index (χ2n) is 4.14. The molecule has 1 aliphatic rings. The minimum absolute atomic E-state index is 0.0624. The Hall–Kier alpha value is -1.88. The molecule has 0 bridgehead atoms. The van der Waals surface area contributed by atoms with Gasteiger partial charge in [0.05, 0.1) is 13.1 Å². The molecule has 1 saturated heterocycles. The number of amides is 1. The van der Waals surface area contributed by atoms with Gasteiger partial charge in [-0.15, -0.1) is 0 Å². The number of hydrogen-bond acceptors (Lipinski definition) is 4. The molecular formula is C12H13N3O2. The molecule has 3 rings (SSSR count). The zero-order chi connectivity index (χ0) is 11.7. The minimum Gasteiger partial charge on any atom is -0.439 e. The van der Waals surface area contributed by atoms with E-state index < -0.39 is 0 Å². The van der Waals surface area contributed by atoms with Crippen LogP contribution in [0.3, 0.4) is 0 Å². The number of piperazine rings is 1. The van der Waals surface area contributed by atoms with Gasteiger partial charge in [-0.1, -0.05) is 12.1 Å².